The van der Waals surface area contributed by atoms with Crippen LogP contribution in [0.5, 0.6) is 0 Å². The summed E-state index contributed by atoms with van der Waals surface area (Å²) < 4.78 is 20.6. The Labute approximate surface area is 234 Å². The number of amides is 1. The Bertz CT molecular complexity index is 970. The molecule has 2 rings (SSSR count). The van der Waals surface area contributed by atoms with Gasteiger partial charge in [-0.05, 0) is 59.6 Å². The Balaban J connectivity index is 0.000000382. The lowest BCUT2D eigenvalue weighted by atomic mass is 10.1. The molecule has 1 heterocycles. The molecule has 1 fully saturated rings. The van der Waals surface area contributed by atoms with E-state index in [4.69, 9.17) is 18.9 Å². The molecule has 1 amide bonds. The molecule has 0 N–H and O–H groups in total. The molecule has 1 aliphatic heterocycles. The van der Waals surface area contributed by atoms with Gasteiger partial charge in [-0.1, -0.05) is 18.2 Å². The minimum Gasteiger partial charge on any atom is -0.467 e. The first-order chi connectivity index (χ1) is 17.8. The molecule has 11 heteroatoms. The minimum absolute atomic E-state index is 0.0462. The van der Waals surface area contributed by atoms with Gasteiger partial charge in [0.2, 0.25) is 0 Å². The SMILES string of the molecule is CC(C)OC(=O)C(C(=O)OC(C)C)=C1SCCS1.COCC(=O)N(c1c(C)cccc1C)C(C)C(=O)OC. The van der Waals surface area contributed by atoms with Gasteiger partial charge in [-0.25, -0.2) is 14.4 Å². The lowest BCUT2D eigenvalue weighted by Crippen LogP contribution is -2.46. The summed E-state index contributed by atoms with van der Waals surface area (Å²) in [6, 6.07) is 5.01. The summed E-state index contributed by atoms with van der Waals surface area (Å²) in [5.41, 5.74) is 2.62. The van der Waals surface area contributed by atoms with Crippen LogP contribution in [0.3, 0.4) is 0 Å². The molecule has 0 aromatic heterocycles. The van der Waals surface area contributed by atoms with Gasteiger partial charge in [0.05, 0.1) is 29.2 Å². The van der Waals surface area contributed by atoms with Gasteiger partial charge in [0, 0.05) is 18.6 Å². The first-order valence-electron chi connectivity index (χ1n) is 12.2. The molecule has 0 aliphatic carbocycles. The number of esters is 3. The zero-order valence-electron chi connectivity index (χ0n) is 23.6. The second-order valence-electron chi connectivity index (χ2n) is 8.90. The largest absolute Gasteiger partial charge is 0.467 e. The fraction of sp³-hybridized carbons (Fsp3) is 0.556. The lowest BCUT2D eigenvalue weighted by molar-refractivity contribution is -0.151. The molecule has 1 aromatic rings. The first-order valence-corrected chi connectivity index (χ1v) is 14.2. The summed E-state index contributed by atoms with van der Waals surface area (Å²) in [6.45, 7) is 12.4. The second kappa shape index (κ2) is 16.5. The van der Waals surface area contributed by atoms with E-state index in [1.165, 1.54) is 42.6 Å². The topological polar surface area (TPSA) is 108 Å². The molecule has 1 aliphatic rings. The maximum Gasteiger partial charge on any atom is 0.347 e. The van der Waals surface area contributed by atoms with Crippen LogP contribution in [0.1, 0.15) is 45.7 Å². The quantitative estimate of drug-likeness (QED) is 0.139. The van der Waals surface area contributed by atoms with Gasteiger partial charge in [-0.3, -0.25) is 9.69 Å². The fourth-order valence-corrected chi connectivity index (χ4v) is 5.93. The van der Waals surface area contributed by atoms with Crippen LogP contribution in [0, 0.1) is 13.8 Å². The number of para-hydroxylation sites is 1. The number of carbonyl (C=O) groups is 4. The molecule has 1 saturated heterocycles. The van der Waals surface area contributed by atoms with E-state index in [0.29, 0.717) is 4.24 Å². The van der Waals surface area contributed by atoms with Crippen molar-refractivity contribution in [3.63, 3.8) is 0 Å². The number of thioether (sulfide) groups is 2. The Morgan fingerprint density at radius 3 is 1.74 bits per heavy atom. The predicted molar refractivity (Wildman–Crippen MR) is 151 cm³/mol. The van der Waals surface area contributed by atoms with Crippen LogP contribution in [-0.2, 0) is 38.1 Å². The molecule has 38 heavy (non-hydrogen) atoms. The molecule has 1 atom stereocenters. The summed E-state index contributed by atoms with van der Waals surface area (Å²) in [5, 5.41) is 0. The number of anilines is 1. The van der Waals surface area contributed by atoms with Gasteiger partial charge in [0.25, 0.3) is 5.91 Å². The molecule has 212 valence electrons. The Kier molecular flexibility index (Phi) is 14.5. The fourth-order valence-electron chi connectivity index (χ4n) is 3.44. The summed E-state index contributed by atoms with van der Waals surface area (Å²) in [5.74, 6) is -0.124. The number of methoxy groups -OCH3 is 2. The van der Waals surface area contributed by atoms with Crippen LogP contribution in [0.2, 0.25) is 0 Å². The Morgan fingerprint density at radius 2 is 1.34 bits per heavy atom. The van der Waals surface area contributed by atoms with Crippen molar-refractivity contribution in [3.8, 4) is 0 Å². The van der Waals surface area contributed by atoms with Crippen molar-refractivity contribution in [2.45, 2.75) is 66.7 Å². The third-order valence-electron chi connectivity index (χ3n) is 4.99. The van der Waals surface area contributed by atoms with E-state index in [1.54, 1.807) is 34.6 Å². The molecular formula is C27H39NO8S2. The number of hydrogen-bond donors (Lipinski definition) is 0. The van der Waals surface area contributed by atoms with E-state index in [2.05, 4.69) is 0 Å². The van der Waals surface area contributed by atoms with E-state index >= 15 is 0 Å². The Morgan fingerprint density at radius 1 is 0.868 bits per heavy atom. The van der Waals surface area contributed by atoms with Crippen LogP contribution in [0.15, 0.2) is 28.0 Å². The van der Waals surface area contributed by atoms with Crippen LogP contribution in [0.25, 0.3) is 0 Å². The number of benzene rings is 1. The molecule has 0 saturated carbocycles. The zero-order valence-corrected chi connectivity index (χ0v) is 25.2. The second-order valence-corrected chi connectivity index (χ2v) is 11.4. The minimum atomic E-state index is -0.706. The highest BCUT2D eigenvalue weighted by Crippen LogP contribution is 2.39. The van der Waals surface area contributed by atoms with Crippen LogP contribution in [-0.4, -0.2) is 74.4 Å². The van der Waals surface area contributed by atoms with E-state index in [9.17, 15) is 19.2 Å². The van der Waals surface area contributed by atoms with Crippen molar-refractivity contribution in [1.29, 1.82) is 0 Å². The summed E-state index contributed by atoms with van der Waals surface area (Å²) in [4.78, 5) is 49.5. The van der Waals surface area contributed by atoms with Gasteiger partial charge < -0.3 is 18.9 Å². The van der Waals surface area contributed by atoms with Crippen molar-refractivity contribution in [2.24, 2.45) is 0 Å². The van der Waals surface area contributed by atoms with E-state index in [-0.39, 0.29) is 30.3 Å². The normalized spacial score (nSPS) is 13.4. The third kappa shape index (κ3) is 9.99. The summed E-state index contributed by atoms with van der Waals surface area (Å²) in [6.07, 6.45) is -0.507. The molecule has 0 bridgehead atoms. The van der Waals surface area contributed by atoms with Gasteiger partial charge >= 0.3 is 17.9 Å². The number of ether oxygens (including phenoxy) is 4. The number of nitrogens with zero attached hydrogens (tertiary/aromatic N) is 1. The van der Waals surface area contributed by atoms with Crippen molar-refractivity contribution in [1.82, 2.24) is 0 Å². The first kappa shape index (κ1) is 33.5. The smallest absolute Gasteiger partial charge is 0.347 e. The highest BCUT2D eigenvalue weighted by atomic mass is 32.2. The van der Waals surface area contributed by atoms with Crippen LogP contribution < -0.4 is 4.90 Å². The van der Waals surface area contributed by atoms with Crippen molar-refractivity contribution in [2.75, 3.05) is 37.2 Å². The van der Waals surface area contributed by atoms with Crippen molar-refractivity contribution in [3.05, 3.63) is 39.1 Å². The maximum absolute atomic E-state index is 12.3. The highest BCUT2D eigenvalue weighted by molar-refractivity contribution is 8.25. The van der Waals surface area contributed by atoms with Gasteiger partial charge in [0.15, 0.2) is 5.57 Å². The molecule has 9 nitrogen and oxygen atoms in total. The summed E-state index contributed by atoms with van der Waals surface area (Å²) >= 11 is 3.00. The number of rotatable bonds is 9. The maximum atomic E-state index is 12.3. The van der Waals surface area contributed by atoms with Crippen molar-refractivity contribution >= 4 is 53.0 Å². The van der Waals surface area contributed by atoms with Crippen molar-refractivity contribution < 1.29 is 38.1 Å². The van der Waals surface area contributed by atoms with Crippen LogP contribution >= 0.6 is 23.5 Å². The number of hydrogen-bond acceptors (Lipinski definition) is 10. The van der Waals surface area contributed by atoms with E-state index in [1.807, 2.05) is 32.0 Å². The number of aryl methyl sites for hydroxylation is 2. The predicted octanol–water partition coefficient (Wildman–Crippen LogP) is 4.43. The monoisotopic (exact) mass is 569 g/mol. The molecule has 0 radical (unpaired) electrons. The number of carbonyl (C=O) groups excluding carboxylic acids is 4. The Hall–Kier alpha value is -2.50. The van der Waals surface area contributed by atoms with E-state index in [0.717, 1.165) is 28.3 Å². The van der Waals surface area contributed by atoms with Gasteiger partial charge in [-0.2, -0.15) is 0 Å². The average molecular weight is 570 g/mol. The van der Waals surface area contributed by atoms with Crippen LogP contribution in [0.4, 0.5) is 5.69 Å². The van der Waals surface area contributed by atoms with Gasteiger partial charge in [-0.15, -0.1) is 23.5 Å². The van der Waals surface area contributed by atoms with E-state index < -0.39 is 23.9 Å². The molecule has 1 aromatic carbocycles. The lowest BCUT2D eigenvalue weighted by Gasteiger charge is -2.30. The molecular weight excluding hydrogens is 530 g/mol. The standard InChI is InChI=1S/C15H21NO4.C12H18O4S2/c1-10-7-6-8-11(2)14(10)16(13(17)9-19-4)12(3)15(18)20-5;1-7(2)15-10(13)9(11(14)16-8(3)4)12-17-5-6-18-12/h6-8,12H,9H2,1-5H3;7-8H,5-6H2,1-4H3. The summed E-state index contributed by atoms with van der Waals surface area (Å²) in [7, 11) is 2.76. The highest BCUT2D eigenvalue weighted by Gasteiger charge is 2.31. The molecule has 1 unspecified atom stereocenters. The third-order valence-corrected chi connectivity index (χ3v) is 7.71. The molecule has 0 spiro atoms. The average Bonchev–Trinajstić information content (AvgIpc) is 3.34. The zero-order chi connectivity index (χ0) is 29.0. The van der Waals surface area contributed by atoms with Gasteiger partial charge in [0.1, 0.15) is 12.6 Å².